The first-order valence-corrected chi connectivity index (χ1v) is 14.0. The summed E-state index contributed by atoms with van der Waals surface area (Å²) >= 11 is 6.13. The van der Waals surface area contributed by atoms with Crippen LogP contribution in [0.4, 0.5) is 0 Å². The molecule has 37 heavy (non-hydrogen) atoms. The molecule has 2 aromatic carbocycles. The number of amides is 1. The lowest BCUT2D eigenvalue weighted by atomic mass is 9.76. The van der Waals surface area contributed by atoms with E-state index in [2.05, 4.69) is 68.2 Å². The van der Waals surface area contributed by atoms with Crippen molar-refractivity contribution in [3.8, 4) is 5.75 Å². The molecule has 3 unspecified atom stereocenters. The number of methoxy groups -OCH3 is 1. The maximum absolute atomic E-state index is 13.9. The Kier molecular flexibility index (Phi) is 10.2. The van der Waals surface area contributed by atoms with E-state index in [-0.39, 0.29) is 17.9 Å². The van der Waals surface area contributed by atoms with Gasteiger partial charge in [0.05, 0.1) is 12.5 Å². The van der Waals surface area contributed by atoms with E-state index in [0.29, 0.717) is 5.92 Å². The number of hydrogen-bond acceptors (Lipinski definition) is 2. The molecule has 0 spiro atoms. The molecule has 0 heterocycles. The van der Waals surface area contributed by atoms with E-state index in [1.807, 2.05) is 38.1 Å². The van der Waals surface area contributed by atoms with Crippen LogP contribution in [0.25, 0.3) is 0 Å². The molecule has 4 heteroatoms. The minimum absolute atomic E-state index is 0.0500. The molecule has 1 N–H and O–H groups in total. The van der Waals surface area contributed by atoms with E-state index in [9.17, 15) is 4.79 Å². The van der Waals surface area contributed by atoms with Crippen molar-refractivity contribution in [1.82, 2.24) is 5.32 Å². The van der Waals surface area contributed by atoms with Crippen molar-refractivity contribution in [2.24, 2.45) is 11.8 Å². The molecule has 0 aromatic heterocycles. The highest BCUT2D eigenvalue weighted by Crippen LogP contribution is 2.42. The molecule has 198 valence electrons. The van der Waals surface area contributed by atoms with Gasteiger partial charge in [-0.2, -0.15) is 0 Å². The fraction of sp³-hybridized carbons (Fsp3) is 0.424. The molecule has 0 radical (unpaired) electrons. The Morgan fingerprint density at radius 1 is 1.11 bits per heavy atom. The second-order valence-electron chi connectivity index (χ2n) is 10.1. The molecule has 1 amide bonds. The molecular weight excluding hydrogens is 478 g/mol. The highest BCUT2D eigenvalue weighted by Gasteiger charge is 2.43. The lowest BCUT2D eigenvalue weighted by Crippen LogP contribution is -2.49. The number of hydrogen-bond donors (Lipinski definition) is 1. The van der Waals surface area contributed by atoms with Crippen LogP contribution in [-0.4, -0.2) is 19.1 Å². The molecule has 0 bridgehead atoms. The van der Waals surface area contributed by atoms with Gasteiger partial charge >= 0.3 is 0 Å². The van der Waals surface area contributed by atoms with Gasteiger partial charge in [0.15, 0.2) is 0 Å². The topological polar surface area (TPSA) is 38.3 Å². The number of allylic oxidation sites excluding steroid dienone is 4. The van der Waals surface area contributed by atoms with Crippen LogP contribution in [0.3, 0.4) is 0 Å². The third-order valence-electron chi connectivity index (χ3n) is 7.81. The van der Waals surface area contributed by atoms with E-state index < -0.39 is 5.41 Å². The van der Waals surface area contributed by atoms with E-state index in [0.717, 1.165) is 54.0 Å². The van der Waals surface area contributed by atoms with Gasteiger partial charge in [0.2, 0.25) is 5.91 Å². The van der Waals surface area contributed by atoms with Crippen LogP contribution >= 0.6 is 11.6 Å². The zero-order valence-electron chi connectivity index (χ0n) is 23.0. The summed E-state index contributed by atoms with van der Waals surface area (Å²) in [5.74, 6) is 1.39. The van der Waals surface area contributed by atoms with Crippen molar-refractivity contribution in [3.63, 3.8) is 0 Å². The number of rotatable bonds is 8. The monoisotopic (exact) mass is 519 g/mol. The zero-order valence-corrected chi connectivity index (χ0v) is 23.8. The average molecular weight is 520 g/mol. The summed E-state index contributed by atoms with van der Waals surface area (Å²) in [5.41, 5.74) is 4.10. The van der Waals surface area contributed by atoms with Crippen LogP contribution in [-0.2, 0) is 16.6 Å². The van der Waals surface area contributed by atoms with Crippen LogP contribution < -0.4 is 10.1 Å². The van der Waals surface area contributed by atoms with Crippen LogP contribution in [0.2, 0.25) is 5.02 Å². The van der Waals surface area contributed by atoms with Gasteiger partial charge in [-0.25, -0.2) is 0 Å². The average Bonchev–Trinajstić information content (AvgIpc) is 3.42. The Morgan fingerprint density at radius 2 is 1.73 bits per heavy atom. The molecule has 4 rings (SSSR count). The molecule has 2 aromatic rings. The summed E-state index contributed by atoms with van der Waals surface area (Å²) < 4.78 is 5.34. The van der Waals surface area contributed by atoms with E-state index in [4.69, 9.17) is 16.3 Å². The Morgan fingerprint density at radius 3 is 2.30 bits per heavy atom. The van der Waals surface area contributed by atoms with Crippen LogP contribution in [0, 0.1) is 11.8 Å². The predicted octanol–water partition coefficient (Wildman–Crippen LogP) is 8.24. The summed E-state index contributed by atoms with van der Waals surface area (Å²) in [6, 6.07) is 16.0. The molecule has 0 aliphatic heterocycles. The van der Waals surface area contributed by atoms with Gasteiger partial charge in [-0.15, -0.1) is 0 Å². The molecule has 3 nitrogen and oxygen atoms in total. The second-order valence-corrected chi connectivity index (χ2v) is 10.5. The number of nitrogens with one attached hydrogen (secondary N) is 1. The van der Waals surface area contributed by atoms with Crippen molar-refractivity contribution in [1.29, 1.82) is 0 Å². The molecule has 2 aliphatic rings. The van der Waals surface area contributed by atoms with Gasteiger partial charge in [-0.1, -0.05) is 94.3 Å². The first-order chi connectivity index (χ1) is 17.8. The van der Waals surface area contributed by atoms with Gasteiger partial charge in [-0.05, 0) is 78.6 Å². The number of halogens is 1. The minimum atomic E-state index is -0.486. The van der Waals surface area contributed by atoms with Crippen molar-refractivity contribution < 1.29 is 9.53 Å². The molecule has 1 fully saturated rings. The molecule has 0 saturated heterocycles. The standard InChI is InChI=1S/C31H36ClNO2.C2H6/c1-21-7-10-25(19-22(21)2)29(20-24-8-13-27(32)14-9-24)23(3)33-30(34)31(17-5-6-18-31)26-11-15-28(35-4)16-12-26;1-2/h7-16,19,21,23,29H,2,5-6,17-18,20H2,1,3-4H3,(H,33,34);1-2H3. The van der Waals surface area contributed by atoms with Crippen molar-refractivity contribution >= 4 is 17.5 Å². The minimum Gasteiger partial charge on any atom is -0.497 e. The summed E-state index contributed by atoms with van der Waals surface area (Å²) in [4.78, 5) is 13.9. The van der Waals surface area contributed by atoms with Crippen molar-refractivity contribution in [2.75, 3.05) is 7.11 Å². The lowest BCUT2D eigenvalue weighted by molar-refractivity contribution is -0.127. The highest BCUT2D eigenvalue weighted by atomic mass is 35.5. The highest BCUT2D eigenvalue weighted by molar-refractivity contribution is 6.30. The molecule has 3 atom stereocenters. The first kappa shape index (κ1) is 28.8. The zero-order chi connectivity index (χ0) is 27.0. The van der Waals surface area contributed by atoms with E-state index in [1.54, 1.807) is 7.11 Å². The maximum Gasteiger partial charge on any atom is 0.230 e. The van der Waals surface area contributed by atoms with Gasteiger partial charge in [0.1, 0.15) is 5.75 Å². The van der Waals surface area contributed by atoms with Crippen molar-refractivity contribution in [2.45, 2.75) is 71.3 Å². The summed E-state index contributed by atoms with van der Waals surface area (Å²) in [5, 5.41) is 4.17. The largest absolute Gasteiger partial charge is 0.497 e. The Labute approximate surface area is 228 Å². The maximum atomic E-state index is 13.9. The number of ether oxygens (including phenoxy) is 1. The van der Waals surface area contributed by atoms with Gasteiger partial charge in [0.25, 0.3) is 0 Å². The van der Waals surface area contributed by atoms with Gasteiger partial charge in [0, 0.05) is 17.0 Å². The molecular formula is C33H42ClNO2. The predicted molar refractivity (Wildman–Crippen MR) is 156 cm³/mol. The first-order valence-electron chi connectivity index (χ1n) is 13.6. The number of carbonyl (C=O) groups is 1. The van der Waals surface area contributed by atoms with E-state index in [1.165, 1.54) is 11.1 Å². The SMILES string of the molecule is C=C1C=C(C(Cc2ccc(Cl)cc2)C(C)NC(=O)C2(c3ccc(OC)cc3)CCCC2)C=CC1C.CC. The second kappa shape index (κ2) is 13.1. The Bertz CT molecular complexity index is 1110. The third-order valence-corrected chi connectivity index (χ3v) is 8.06. The molecule has 2 aliphatic carbocycles. The van der Waals surface area contributed by atoms with Gasteiger partial charge in [-0.3, -0.25) is 4.79 Å². The molecule has 1 saturated carbocycles. The normalized spacial score (nSPS) is 19.8. The Balaban J connectivity index is 0.00000186. The summed E-state index contributed by atoms with van der Waals surface area (Å²) in [7, 11) is 1.67. The number of benzene rings is 2. The Hall–Kier alpha value is -2.78. The quantitative estimate of drug-likeness (QED) is 0.381. The van der Waals surface area contributed by atoms with Crippen LogP contribution in [0.15, 0.2) is 84.5 Å². The van der Waals surface area contributed by atoms with Crippen LogP contribution in [0.1, 0.15) is 64.5 Å². The fourth-order valence-electron chi connectivity index (χ4n) is 5.44. The van der Waals surface area contributed by atoms with Crippen molar-refractivity contribution in [3.05, 3.63) is 101 Å². The lowest BCUT2D eigenvalue weighted by Gasteiger charge is -2.34. The number of carbonyl (C=O) groups excluding carboxylic acids is 1. The fourth-order valence-corrected chi connectivity index (χ4v) is 5.57. The van der Waals surface area contributed by atoms with Crippen LogP contribution in [0.5, 0.6) is 5.75 Å². The third kappa shape index (κ3) is 6.76. The smallest absolute Gasteiger partial charge is 0.230 e. The summed E-state index contributed by atoms with van der Waals surface area (Å²) in [6.45, 7) is 12.5. The van der Waals surface area contributed by atoms with E-state index >= 15 is 0 Å². The summed E-state index contributed by atoms with van der Waals surface area (Å²) in [6.07, 6.45) is 11.3. The van der Waals surface area contributed by atoms with Gasteiger partial charge < -0.3 is 10.1 Å².